The van der Waals surface area contributed by atoms with Gasteiger partial charge in [-0.25, -0.2) is 0 Å². The molecule has 0 spiro atoms. The molecule has 1 fully saturated rings. The van der Waals surface area contributed by atoms with Gasteiger partial charge in [0.25, 0.3) is 0 Å². The summed E-state index contributed by atoms with van der Waals surface area (Å²) in [6.45, 7) is 3.04. The Labute approximate surface area is 96.8 Å². The molecule has 2 N–H and O–H groups in total. The Morgan fingerprint density at radius 3 is 3.07 bits per heavy atom. The van der Waals surface area contributed by atoms with Crippen molar-refractivity contribution in [2.45, 2.75) is 44.7 Å². The van der Waals surface area contributed by atoms with Crippen LogP contribution in [-0.4, -0.2) is 36.5 Å². The van der Waals surface area contributed by atoms with Crippen molar-refractivity contribution in [3.63, 3.8) is 0 Å². The minimum absolute atomic E-state index is 0.0387. The van der Waals surface area contributed by atoms with Gasteiger partial charge in [0.05, 0.1) is 6.04 Å². The van der Waals surface area contributed by atoms with E-state index in [0.29, 0.717) is 0 Å². The summed E-state index contributed by atoms with van der Waals surface area (Å²) in [4.78, 5) is 11.9. The van der Waals surface area contributed by atoms with Crippen molar-refractivity contribution in [3.05, 3.63) is 0 Å². The Balaban J connectivity index is 2.30. The molecule has 0 aliphatic carbocycles. The monoisotopic (exact) mass is 230 g/mol. The first kappa shape index (κ1) is 12.8. The minimum atomic E-state index is 0.0387. The van der Waals surface area contributed by atoms with Gasteiger partial charge in [-0.05, 0) is 32.6 Å². The van der Waals surface area contributed by atoms with Gasteiger partial charge in [-0.15, -0.1) is 0 Å². The highest BCUT2D eigenvalue weighted by atomic mass is 32.2. The van der Waals surface area contributed by atoms with Gasteiger partial charge >= 0.3 is 0 Å². The second kappa shape index (κ2) is 7.12. The van der Waals surface area contributed by atoms with Crippen LogP contribution in [0.1, 0.15) is 32.6 Å². The Hall–Kier alpha value is -0.220. The summed E-state index contributed by atoms with van der Waals surface area (Å²) >= 11 is 1.77. The Bertz CT molecular complexity index is 191. The van der Waals surface area contributed by atoms with Gasteiger partial charge in [0.1, 0.15) is 0 Å². The lowest BCUT2D eigenvalue weighted by Gasteiger charge is -2.19. The van der Waals surface area contributed by atoms with E-state index >= 15 is 0 Å². The number of nitrogens with one attached hydrogen (secondary N) is 2. The predicted molar refractivity (Wildman–Crippen MR) is 66.2 cm³/mol. The Morgan fingerprint density at radius 2 is 2.33 bits per heavy atom. The summed E-state index contributed by atoms with van der Waals surface area (Å²) in [5.74, 6) is 1.16. The molecule has 0 aromatic carbocycles. The molecule has 15 heavy (non-hydrogen) atoms. The highest BCUT2D eigenvalue weighted by molar-refractivity contribution is 7.98. The van der Waals surface area contributed by atoms with Gasteiger partial charge in [-0.2, -0.15) is 11.8 Å². The fourth-order valence-corrected chi connectivity index (χ4v) is 2.47. The van der Waals surface area contributed by atoms with Gasteiger partial charge in [0.15, 0.2) is 0 Å². The molecule has 3 nitrogen and oxygen atoms in total. The quantitative estimate of drug-likeness (QED) is 0.767. The highest BCUT2D eigenvalue weighted by Gasteiger charge is 2.20. The van der Waals surface area contributed by atoms with E-state index in [9.17, 15) is 4.79 Å². The summed E-state index contributed by atoms with van der Waals surface area (Å²) in [7, 11) is 0. The van der Waals surface area contributed by atoms with E-state index in [1.54, 1.807) is 11.8 Å². The zero-order chi connectivity index (χ0) is 11.1. The number of carbonyl (C=O) groups is 1. The van der Waals surface area contributed by atoms with E-state index < -0.39 is 0 Å². The van der Waals surface area contributed by atoms with Gasteiger partial charge in [-0.3, -0.25) is 4.79 Å². The van der Waals surface area contributed by atoms with Crippen LogP contribution in [0, 0.1) is 0 Å². The van der Waals surface area contributed by atoms with Crippen LogP contribution in [0.15, 0.2) is 0 Å². The van der Waals surface area contributed by atoms with Gasteiger partial charge in [0, 0.05) is 11.8 Å². The molecule has 88 valence electrons. The lowest BCUT2D eigenvalue weighted by atomic mass is 10.1. The number of rotatable bonds is 4. The molecule has 2 unspecified atom stereocenters. The maximum absolute atomic E-state index is 11.9. The second-order valence-electron chi connectivity index (χ2n) is 4.22. The summed E-state index contributed by atoms with van der Waals surface area (Å²) in [6, 6.07) is 0.314. The second-order valence-corrected chi connectivity index (χ2v) is 5.13. The zero-order valence-corrected chi connectivity index (χ0v) is 10.5. The number of amides is 1. The molecule has 2 atom stereocenters. The smallest absolute Gasteiger partial charge is 0.237 e. The summed E-state index contributed by atoms with van der Waals surface area (Å²) < 4.78 is 0. The van der Waals surface area contributed by atoms with Crippen LogP contribution in [0.5, 0.6) is 0 Å². The number of hydrogen-bond donors (Lipinski definition) is 2. The van der Waals surface area contributed by atoms with Crippen molar-refractivity contribution in [3.8, 4) is 0 Å². The maximum atomic E-state index is 11.9. The number of carbonyl (C=O) groups excluding carboxylic acids is 1. The van der Waals surface area contributed by atoms with E-state index in [1.807, 2.05) is 0 Å². The zero-order valence-electron chi connectivity index (χ0n) is 9.71. The fraction of sp³-hybridized carbons (Fsp3) is 0.909. The lowest BCUT2D eigenvalue weighted by Crippen LogP contribution is -2.47. The summed E-state index contributed by atoms with van der Waals surface area (Å²) in [5.41, 5.74) is 0. The molecule has 1 rings (SSSR count). The van der Waals surface area contributed by atoms with Crippen LogP contribution in [0.3, 0.4) is 0 Å². The molecule has 0 radical (unpaired) electrons. The molecular weight excluding hydrogens is 208 g/mol. The van der Waals surface area contributed by atoms with E-state index in [-0.39, 0.29) is 18.0 Å². The van der Waals surface area contributed by atoms with Crippen molar-refractivity contribution >= 4 is 17.7 Å². The van der Waals surface area contributed by atoms with Gasteiger partial charge in [-0.1, -0.05) is 12.8 Å². The average Bonchev–Trinajstić information content (AvgIpc) is 2.45. The third-order valence-electron chi connectivity index (χ3n) is 2.68. The van der Waals surface area contributed by atoms with E-state index in [2.05, 4.69) is 23.8 Å². The van der Waals surface area contributed by atoms with Crippen molar-refractivity contribution in [2.24, 2.45) is 0 Å². The van der Waals surface area contributed by atoms with Crippen LogP contribution in [0.2, 0.25) is 0 Å². The molecule has 1 saturated heterocycles. The minimum Gasteiger partial charge on any atom is -0.351 e. The maximum Gasteiger partial charge on any atom is 0.237 e. The van der Waals surface area contributed by atoms with Crippen molar-refractivity contribution in [1.29, 1.82) is 0 Å². The molecule has 1 aliphatic rings. The van der Waals surface area contributed by atoms with Crippen molar-refractivity contribution < 1.29 is 4.79 Å². The first-order chi connectivity index (χ1) is 7.24. The molecule has 0 aromatic rings. The lowest BCUT2D eigenvalue weighted by molar-refractivity contribution is -0.123. The number of thioether (sulfide) groups is 1. The molecule has 4 heteroatoms. The fourth-order valence-electron chi connectivity index (χ4n) is 1.89. The topological polar surface area (TPSA) is 41.1 Å². The van der Waals surface area contributed by atoms with Gasteiger partial charge < -0.3 is 10.6 Å². The largest absolute Gasteiger partial charge is 0.351 e. The predicted octanol–water partition coefficient (Wildman–Crippen LogP) is 1.39. The molecule has 1 heterocycles. The van der Waals surface area contributed by atoms with Gasteiger partial charge in [0.2, 0.25) is 5.91 Å². The van der Waals surface area contributed by atoms with E-state index in [0.717, 1.165) is 18.7 Å². The summed E-state index contributed by atoms with van der Waals surface area (Å²) in [6.07, 6.45) is 6.66. The normalized spacial score (nSPS) is 24.3. The molecule has 1 aliphatic heterocycles. The van der Waals surface area contributed by atoms with Crippen LogP contribution in [0.25, 0.3) is 0 Å². The van der Waals surface area contributed by atoms with Crippen LogP contribution in [0.4, 0.5) is 0 Å². The third-order valence-corrected chi connectivity index (χ3v) is 3.52. The van der Waals surface area contributed by atoms with Crippen LogP contribution in [-0.2, 0) is 4.79 Å². The molecule has 0 saturated carbocycles. The first-order valence-electron chi connectivity index (χ1n) is 5.76. The third kappa shape index (κ3) is 4.89. The van der Waals surface area contributed by atoms with Crippen LogP contribution >= 0.6 is 11.8 Å². The van der Waals surface area contributed by atoms with E-state index in [4.69, 9.17) is 0 Å². The Morgan fingerprint density at radius 1 is 1.53 bits per heavy atom. The molecule has 0 bridgehead atoms. The van der Waals surface area contributed by atoms with Crippen molar-refractivity contribution in [1.82, 2.24) is 10.6 Å². The van der Waals surface area contributed by atoms with Crippen molar-refractivity contribution in [2.75, 3.05) is 18.6 Å². The first-order valence-corrected chi connectivity index (χ1v) is 7.16. The summed E-state index contributed by atoms with van der Waals surface area (Å²) in [5, 5.41) is 6.37. The van der Waals surface area contributed by atoms with Crippen LogP contribution < -0.4 is 10.6 Å². The number of hydrogen-bond acceptors (Lipinski definition) is 3. The van der Waals surface area contributed by atoms with E-state index in [1.165, 1.54) is 19.3 Å². The molecular formula is C11H22N2OS. The Kier molecular flexibility index (Phi) is 6.10. The SMILES string of the molecule is CSCC(C)NC(=O)C1CCCCCN1. The average molecular weight is 230 g/mol. The standard InChI is InChI=1S/C11H22N2OS/c1-9(8-15-2)13-11(14)10-6-4-3-5-7-12-10/h9-10,12H,3-8H2,1-2H3,(H,13,14). The highest BCUT2D eigenvalue weighted by Crippen LogP contribution is 2.08. The molecule has 1 amide bonds. The molecule has 0 aromatic heterocycles.